The summed E-state index contributed by atoms with van der Waals surface area (Å²) in [6.45, 7) is 2.17. The van der Waals surface area contributed by atoms with Crippen molar-refractivity contribution in [1.29, 1.82) is 0 Å². The molecule has 2 N–H and O–H groups in total. The molecule has 4 nitrogen and oxygen atoms in total. The average Bonchev–Trinajstić information content (AvgIpc) is 3.12. The number of benzene rings is 1. The molecule has 1 fully saturated rings. The molecule has 0 heterocycles. The van der Waals surface area contributed by atoms with Crippen LogP contribution in [0.3, 0.4) is 0 Å². The third kappa shape index (κ3) is 2.36. The van der Waals surface area contributed by atoms with E-state index in [4.69, 9.17) is 5.73 Å². The Morgan fingerprint density at radius 2 is 2.06 bits per heavy atom. The van der Waals surface area contributed by atoms with Crippen LogP contribution in [-0.2, 0) is 16.6 Å². The van der Waals surface area contributed by atoms with Crippen molar-refractivity contribution in [1.82, 2.24) is 4.31 Å². The molecule has 1 aliphatic rings. The molecule has 17 heavy (non-hydrogen) atoms. The average molecular weight is 254 g/mol. The minimum absolute atomic E-state index is 0.181. The van der Waals surface area contributed by atoms with Crippen molar-refractivity contribution in [2.75, 3.05) is 7.05 Å². The fraction of sp³-hybridized carbons (Fsp3) is 0.500. The van der Waals surface area contributed by atoms with Crippen LogP contribution in [0.4, 0.5) is 0 Å². The van der Waals surface area contributed by atoms with Gasteiger partial charge in [-0.1, -0.05) is 12.1 Å². The molecule has 0 aromatic heterocycles. The Labute approximate surface area is 102 Å². The van der Waals surface area contributed by atoms with E-state index >= 15 is 0 Å². The summed E-state index contributed by atoms with van der Waals surface area (Å²) in [6.07, 6.45) is 1.93. The van der Waals surface area contributed by atoms with Crippen LogP contribution in [0.25, 0.3) is 0 Å². The molecular formula is C12H18N2O2S. The summed E-state index contributed by atoms with van der Waals surface area (Å²) in [7, 11) is -1.71. The standard InChI is InChI=1S/C12H18N2O2S/c1-9-3-4-10(8-13)7-12(9)17(15,16)14(2)11-5-6-11/h3-4,7,11H,5-6,8,13H2,1-2H3. The van der Waals surface area contributed by atoms with Crippen molar-refractivity contribution in [3.05, 3.63) is 29.3 Å². The smallest absolute Gasteiger partial charge is 0.243 e. The predicted molar refractivity (Wildman–Crippen MR) is 67.0 cm³/mol. The van der Waals surface area contributed by atoms with Crippen LogP contribution in [0.15, 0.2) is 23.1 Å². The van der Waals surface area contributed by atoms with Crippen LogP contribution in [0.5, 0.6) is 0 Å². The number of aryl methyl sites for hydroxylation is 1. The second-order valence-corrected chi connectivity index (χ2v) is 6.52. The van der Waals surface area contributed by atoms with Crippen molar-refractivity contribution in [2.45, 2.75) is 37.2 Å². The van der Waals surface area contributed by atoms with Gasteiger partial charge in [0, 0.05) is 19.6 Å². The molecule has 0 amide bonds. The van der Waals surface area contributed by atoms with Crippen molar-refractivity contribution in [2.24, 2.45) is 5.73 Å². The molecule has 1 aliphatic carbocycles. The van der Waals surface area contributed by atoms with Crippen LogP contribution >= 0.6 is 0 Å². The highest BCUT2D eigenvalue weighted by atomic mass is 32.2. The first-order valence-corrected chi connectivity index (χ1v) is 7.18. The van der Waals surface area contributed by atoms with Gasteiger partial charge in [-0.3, -0.25) is 0 Å². The molecule has 94 valence electrons. The van der Waals surface area contributed by atoms with E-state index in [1.165, 1.54) is 4.31 Å². The maximum atomic E-state index is 12.4. The highest BCUT2D eigenvalue weighted by molar-refractivity contribution is 7.89. The van der Waals surface area contributed by atoms with Crippen LogP contribution in [0.2, 0.25) is 0 Å². The summed E-state index contributed by atoms with van der Waals surface area (Å²) in [5.74, 6) is 0. The number of nitrogens with zero attached hydrogens (tertiary/aromatic N) is 1. The van der Waals surface area contributed by atoms with E-state index in [-0.39, 0.29) is 6.04 Å². The van der Waals surface area contributed by atoms with Crippen molar-refractivity contribution >= 4 is 10.0 Å². The molecule has 0 bridgehead atoms. The second-order valence-electron chi connectivity index (χ2n) is 4.56. The Bertz CT molecular complexity index is 521. The van der Waals surface area contributed by atoms with Gasteiger partial charge in [-0.15, -0.1) is 0 Å². The highest BCUT2D eigenvalue weighted by Gasteiger charge is 2.35. The Hall–Kier alpha value is -0.910. The molecule has 0 spiro atoms. The molecule has 0 saturated heterocycles. The molecular weight excluding hydrogens is 236 g/mol. The van der Waals surface area contributed by atoms with Gasteiger partial charge in [-0.05, 0) is 37.0 Å². The zero-order valence-corrected chi connectivity index (χ0v) is 11.0. The quantitative estimate of drug-likeness (QED) is 0.879. The number of hydrogen-bond acceptors (Lipinski definition) is 3. The first-order valence-electron chi connectivity index (χ1n) is 5.74. The van der Waals surface area contributed by atoms with E-state index in [1.54, 1.807) is 13.1 Å². The molecule has 0 unspecified atom stereocenters. The lowest BCUT2D eigenvalue weighted by molar-refractivity contribution is 0.463. The number of nitrogens with two attached hydrogens (primary N) is 1. The maximum Gasteiger partial charge on any atom is 0.243 e. The summed E-state index contributed by atoms with van der Waals surface area (Å²) < 4.78 is 26.3. The molecule has 5 heteroatoms. The Morgan fingerprint density at radius 1 is 1.41 bits per heavy atom. The van der Waals surface area contributed by atoms with Gasteiger partial charge in [0.05, 0.1) is 4.90 Å². The number of rotatable bonds is 4. The molecule has 2 rings (SSSR count). The zero-order chi connectivity index (χ0) is 12.6. The first kappa shape index (κ1) is 12.5. The van der Waals surface area contributed by atoms with Crippen LogP contribution in [0.1, 0.15) is 24.0 Å². The maximum absolute atomic E-state index is 12.4. The lowest BCUT2D eigenvalue weighted by Gasteiger charge is -2.18. The summed E-state index contributed by atoms with van der Waals surface area (Å²) in [5, 5.41) is 0. The van der Waals surface area contributed by atoms with Gasteiger partial charge in [-0.25, -0.2) is 8.42 Å². The van der Waals surface area contributed by atoms with E-state index in [2.05, 4.69) is 0 Å². The van der Waals surface area contributed by atoms with E-state index < -0.39 is 10.0 Å². The third-order valence-corrected chi connectivity index (χ3v) is 5.26. The summed E-state index contributed by atoms with van der Waals surface area (Å²) in [5.41, 5.74) is 7.17. The predicted octanol–water partition coefficient (Wildman–Crippen LogP) is 1.24. The summed E-state index contributed by atoms with van der Waals surface area (Å²) in [6, 6.07) is 5.55. The summed E-state index contributed by atoms with van der Waals surface area (Å²) in [4.78, 5) is 0.384. The Kier molecular flexibility index (Phi) is 3.25. The molecule has 0 radical (unpaired) electrons. The van der Waals surface area contributed by atoms with Gasteiger partial charge < -0.3 is 5.73 Å². The molecule has 1 aromatic rings. The van der Waals surface area contributed by atoms with Crippen LogP contribution in [-0.4, -0.2) is 25.8 Å². The minimum atomic E-state index is -3.36. The lowest BCUT2D eigenvalue weighted by atomic mass is 10.1. The van der Waals surface area contributed by atoms with Crippen molar-refractivity contribution < 1.29 is 8.42 Å². The van der Waals surface area contributed by atoms with Gasteiger partial charge in [0.1, 0.15) is 0 Å². The minimum Gasteiger partial charge on any atom is -0.326 e. The SMILES string of the molecule is Cc1ccc(CN)cc1S(=O)(=O)N(C)C1CC1. The van der Waals surface area contributed by atoms with E-state index in [0.717, 1.165) is 24.0 Å². The topological polar surface area (TPSA) is 63.4 Å². The second kappa shape index (κ2) is 4.40. The number of sulfonamides is 1. The van der Waals surface area contributed by atoms with E-state index in [0.29, 0.717) is 11.4 Å². The third-order valence-electron chi connectivity index (χ3n) is 3.21. The van der Waals surface area contributed by atoms with E-state index in [9.17, 15) is 8.42 Å². The summed E-state index contributed by atoms with van der Waals surface area (Å²) >= 11 is 0. The van der Waals surface area contributed by atoms with Crippen molar-refractivity contribution in [3.63, 3.8) is 0 Å². The van der Waals surface area contributed by atoms with Gasteiger partial charge in [-0.2, -0.15) is 4.31 Å². The number of hydrogen-bond donors (Lipinski definition) is 1. The zero-order valence-electron chi connectivity index (χ0n) is 10.2. The first-order chi connectivity index (χ1) is 7.96. The normalized spacial score (nSPS) is 16.5. The highest BCUT2D eigenvalue weighted by Crippen LogP contribution is 2.31. The molecule has 1 aromatic carbocycles. The van der Waals surface area contributed by atoms with Gasteiger partial charge in [0.15, 0.2) is 0 Å². The lowest BCUT2D eigenvalue weighted by Crippen LogP contribution is -2.29. The Morgan fingerprint density at radius 3 is 2.59 bits per heavy atom. The molecule has 0 aliphatic heterocycles. The van der Waals surface area contributed by atoms with Crippen molar-refractivity contribution in [3.8, 4) is 0 Å². The fourth-order valence-corrected chi connectivity index (χ4v) is 3.53. The molecule has 1 saturated carbocycles. The van der Waals surface area contributed by atoms with Crippen LogP contribution in [0, 0.1) is 6.92 Å². The van der Waals surface area contributed by atoms with E-state index in [1.807, 2.05) is 19.1 Å². The van der Waals surface area contributed by atoms with Gasteiger partial charge >= 0.3 is 0 Å². The van der Waals surface area contributed by atoms with Gasteiger partial charge in [0.25, 0.3) is 0 Å². The fourth-order valence-electron chi connectivity index (χ4n) is 1.84. The molecule has 0 atom stereocenters. The Balaban J connectivity index is 2.44. The largest absolute Gasteiger partial charge is 0.326 e. The van der Waals surface area contributed by atoms with Gasteiger partial charge in [0.2, 0.25) is 10.0 Å². The monoisotopic (exact) mass is 254 g/mol. The van der Waals surface area contributed by atoms with Crippen LogP contribution < -0.4 is 5.73 Å².